The van der Waals surface area contributed by atoms with Gasteiger partial charge in [0, 0.05) is 17.8 Å². The van der Waals surface area contributed by atoms with Crippen molar-refractivity contribution in [1.82, 2.24) is 9.55 Å². The molecule has 3 aromatic rings. The van der Waals surface area contributed by atoms with Crippen LogP contribution >= 0.6 is 0 Å². The van der Waals surface area contributed by atoms with E-state index in [1.165, 1.54) is 10.9 Å². The fourth-order valence-electron chi connectivity index (χ4n) is 1.95. The maximum Gasteiger partial charge on any atom is 0.490 e. The van der Waals surface area contributed by atoms with Crippen LogP contribution in [0.3, 0.4) is 0 Å². The van der Waals surface area contributed by atoms with E-state index in [0.717, 1.165) is 11.3 Å². The fraction of sp³-hybridized carbons (Fsp3) is 0.125. The first-order valence-electron chi connectivity index (χ1n) is 6.59. The average molecular weight is 322 g/mol. The molecule has 0 saturated heterocycles. The topological polar surface area (TPSA) is 55.1 Å². The van der Waals surface area contributed by atoms with Gasteiger partial charge in [-0.2, -0.15) is 13.2 Å². The number of benzene rings is 1. The van der Waals surface area contributed by atoms with Crippen molar-refractivity contribution in [2.75, 3.05) is 0 Å². The van der Waals surface area contributed by atoms with E-state index in [4.69, 9.17) is 9.90 Å². The van der Waals surface area contributed by atoms with Gasteiger partial charge in [-0.25, -0.2) is 9.78 Å². The van der Waals surface area contributed by atoms with Crippen LogP contribution < -0.4 is 0 Å². The molecule has 0 spiro atoms. The first-order valence-corrected chi connectivity index (χ1v) is 6.59. The maximum atomic E-state index is 10.6. The molecule has 0 aliphatic heterocycles. The van der Waals surface area contributed by atoms with Crippen molar-refractivity contribution in [1.29, 1.82) is 0 Å². The van der Waals surface area contributed by atoms with Crippen molar-refractivity contribution in [3.63, 3.8) is 0 Å². The highest BCUT2D eigenvalue weighted by Gasteiger charge is 2.38. The van der Waals surface area contributed by atoms with Crippen LogP contribution in [-0.4, -0.2) is 26.8 Å². The number of carboxylic acid groups (broad SMARTS) is 1. The van der Waals surface area contributed by atoms with E-state index < -0.39 is 12.1 Å². The van der Waals surface area contributed by atoms with E-state index >= 15 is 0 Å². The zero-order chi connectivity index (χ0) is 17.0. The van der Waals surface area contributed by atoms with E-state index in [1.807, 2.05) is 41.2 Å². The Hall–Kier alpha value is -2.83. The second-order valence-electron chi connectivity index (χ2n) is 4.71. The van der Waals surface area contributed by atoms with Crippen molar-refractivity contribution >= 4 is 16.9 Å². The lowest BCUT2D eigenvalue weighted by Gasteiger charge is -2.06. The molecule has 23 heavy (non-hydrogen) atoms. The number of alkyl halides is 3. The van der Waals surface area contributed by atoms with Crippen molar-refractivity contribution in [2.24, 2.45) is 0 Å². The van der Waals surface area contributed by atoms with Gasteiger partial charge in [0.1, 0.15) is 5.82 Å². The zero-order valence-electron chi connectivity index (χ0n) is 12.1. The van der Waals surface area contributed by atoms with Gasteiger partial charge >= 0.3 is 12.1 Å². The van der Waals surface area contributed by atoms with E-state index in [9.17, 15) is 13.2 Å². The Morgan fingerprint density at radius 2 is 1.70 bits per heavy atom. The van der Waals surface area contributed by atoms with E-state index in [0.29, 0.717) is 0 Å². The molecule has 1 N–H and O–H groups in total. The number of hydrogen-bond donors (Lipinski definition) is 1. The lowest BCUT2D eigenvalue weighted by Crippen LogP contribution is -2.21. The first-order chi connectivity index (χ1) is 10.8. The summed E-state index contributed by atoms with van der Waals surface area (Å²) in [5, 5.41) is 8.35. The molecule has 4 nitrogen and oxygen atoms in total. The number of carboxylic acids is 1. The highest BCUT2D eigenvalue weighted by molar-refractivity contribution is 5.82. The van der Waals surface area contributed by atoms with Crippen molar-refractivity contribution < 1.29 is 23.1 Å². The van der Waals surface area contributed by atoms with Crippen LogP contribution in [0.5, 0.6) is 0 Å². The summed E-state index contributed by atoms with van der Waals surface area (Å²) in [6, 6.07) is 14.4. The number of carbonyl (C=O) groups is 1. The summed E-state index contributed by atoms with van der Waals surface area (Å²) in [4.78, 5) is 13.5. The molecule has 0 atom stereocenters. The smallest absolute Gasteiger partial charge is 0.475 e. The van der Waals surface area contributed by atoms with Crippen molar-refractivity contribution in [2.45, 2.75) is 13.1 Å². The third kappa shape index (κ3) is 4.09. The molecule has 0 fully saturated rings. The van der Waals surface area contributed by atoms with E-state index in [-0.39, 0.29) is 0 Å². The Balaban J connectivity index is 0.000000236. The maximum absolute atomic E-state index is 10.6. The summed E-state index contributed by atoms with van der Waals surface area (Å²) >= 11 is 0. The molecule has 0 amide bonds. The summed E-state index contributed by atoms with van der Waals surface area (Å²) in [7, 11) is 0. The van der Waals surface area contributed by atoms with Crippen molar-refractivity contribution in [3.8, 4) is 5.82 Å². The first kappa shape index (κ1) is 16.5. The summed E-state index contributed by atoms with van der Waals surface area (Å²) < 4.78 is 33.8. The summed E-state index contributed by atoms with van der Waals surface area (Å²) in [6.07, 6.45) is -1.06. The van der Waals surface area contributed by atoms with Crippen LogP contribution in [0.25, 0.3) is 16.7 Å². The number of pyridine rings is 1. The largest absolute Gasteiger partial charge is 0.490 e. The Bertz CT molecular complexity index is 812. The van der Waals surface area contributed by atoms with Crippen LogP contribution in [0.2, 0.25) is 0 Å². The predicted octanol–water partition coefficient (Wildman–Crippen LogP) is 3.97. The van der Waals surface area contributed by atoms with Crippen LogP contribution in [0.1, 0.15) is 5.56 Å². The molecule has 0 bridgehead atoms. The van der Waals surface area contributed by atoms with E-state index in [1.54, 1.807) is 0 Å². The number of para-hydroxylation sites is 1. The number of aryl methyl sites for hydroxylation is 1. The molecule has 3 rings (SSSR count). The van der Waals surface area contributed by atoms with Gasteiger partial charge < -0.3 is 9.67 Å². The minimum absolute atomic E-state index is 0.973. The second kappa shape index (κ2) is 6.51. The molecule has 7 heteroatoms. The second-order valence-corrected chi connectivity index (χ2v) is 4.71. The Morgan fingerprint density at radius 1 is 1.13 bits per heavy atom. The summed E-state index contributed by atoms with van der Waals surface area (Å²) in [6.45, 7) is 2.12. The number of aliphatic carboxylic acids is 1. The van der Waals surface area contributed by atoms with Gasteiger partial charge in [0.25, 0.3) is 0 Å². The molecule has 0 aliphatic rings. The molecular weight excluding hydrogens is 309 g/mol. The molecule has 1 aromatic carbocycles. The fourth-order valence-corrected chi connectivity index (χ4v) is 1.95. The lowest BCUT2D eigenvalue weighted by molar-refractivity contribution is -0.192. The molecule has 0 radical (unpaired) electrons. The Morgan fingerprint density at radius 3 is 2.26 bits per heavy atom. The monoisotopic (exact) mass is 322 g/mol. The average Bonchev–Trinajstić information content (AvgIpc) is 3.01. The zero-order valence-corrected chi connectivity index (χ0v) is 12.1. The standard InChI is InChI=1S/C14H12N2.C2HF3O2/c1-11-10-14(16-8-4-5-9-16)15-13-7-3-2-6-12(11)13;3-2(4,5)1(6)7/h2-10H,1H3;(H,6,7). The highest BCUT2D eigenvalue weighted by Crippen LogP contribution is 2.19. The van der Waals surface area contributed by atoms with Gasteiger partial charge in [-0.1, -0.05) is 18.2 Å². The van der Waals surface area contributed by atoms with Gasteiger partial charge in [0.15, 0.2) is 0 Å². The number of halogens is 3. The molecule has 0 aliphatic carbocycles. The van der Waals surface area contributed by atoms with Crippen molar-refractivity contribution in [3.05, 3.63) is 60.4 Å². The Kier molecular flexibility index (Phi) is 4.68. The van der Waals surface area contributed by atoms with Gasteiger partial charge in [-0.05, 0) is 36.8 Å². The van der Waals surface area contributed by atoms with E-state index in [2.05, 4.69) is 30.1 Å². The summed E-state index contributed by atoms with van der Waals surface area (Å²) in [5.74, 6) is -1.78. The number of aromatic nitrogens is 2. The number of rotatable bonds is 1. The molecule has 120 valence electrons. The number of hydrogen-bond acceptors (Lipinski definition) is 2. The normalized spacial score (nSPS) is 11.0. The van der Waals surface area contributed by atoms with Gasteiger partial charge in [0.05, 0.1) is 5.52 Å². The minimum Gasteiger partial charge on any atom is -0.475 e. The molecule has 0 unspecified atom stereocenters. The van der Waals surface area contributed by atoms with Gasteiger partial charge in [-0.3, -0.25) is 0 Å². The van der Waals surface area contributed by atoms with Gasteiger partial charge in [0.2, 0.25) is 0 Å². The molecule has 2 heterocycles. The van der Waals surface area contributed by atoms with Crippen LogP contribution in [0, 0.1) is 6.92 Å². The lowest BCUT2D eigenvalue weighted by atomic mass is 10.1. The third-order valence-electron chi connectivity index (χ3n) is 3.02. The third-order valence-corrected chi connectivity index (χ3v) is 3.02. The molecular formula is C16H13F3N2O2. The quantitative estimate of drug-likeness (QED) is 0.737. The molecule has 2 aromatic heterocycles. The van der Waals surface area contributed by atoms with Crippen LogP contribution in [-0.2, 0) is 4.79 Å². The van der Waals surface area contributed by atoms with Crippen LogP contribution in [0.4, 0.5) is 13.2 Å². The predicted molar refractivity (Wildman–Crippen MR) is 79.5 cm³/mol. The summed E-state index contributed by atoms with van der Waals surface area (Å²) in [5.41, 5.74) is 2.31. The van der Waals surface area contributed by atoms with Crippen LogP contribution in [0.15, 0.2) is 54.9 Å². The number of nitrogens with zero attached hydrogens (tertiary/aromatic N) is 2. The number of fused-ring (bicyclic) bond motifs is 1. The van der Waals surface area contributed by atoms with Gasteiger partial charge in [-0.15, -0.1) is 0 Å². The SMILES string of the molecule is Cc1cc(-n2cccc2)nc2ccccc12.O=C(O)C(F)(F)F. The minimum atomic E-state index is -5.08. The highest BCUT2D eigenvalue weighted by atomic mass is 19.4. The molecule has 0 saturated carbocycles. The Labute approximate surface area is 129 Å².